The van der Waals surface area contributed by atoms with Gasteiger partial charge >= 0.3 is 12.0 Å². The molecule has 3 heterocycles. The SMILES string of the molecule is C#C[C@]1(COC(=O)CCCC)O[C@@H](n2cnc3c(NC(=O)CCCCCCC)nc(F)nc32)C[C@@H]1O. The minimum atomic E-state index is -1.57. The van der Waals surface area contributed by atoms with Gasteiger partial charge in [-0.2, -0.15) is 14.4 Å². The number of fused-ring (bicyclic) bond motifs is 1. The number of carbonyl (C=O) groups is 2. The van der Waals surface area contributed by atoms with Gasteiger partial charge in [0.2, 0.25) is 5.91 Å². The fourth-order valence-corrected chi connectivity index (χ4v) is 4.08. The van der Waals surface area contributed by atoms with E-state index in [2.05, 4.69) is 33.1 Å². The third-order valence-corrected chi connectivity index (χ3v) is 6.21. The first-order valence-corrected chi connectivity index (χ1v) is 12.5. The summed E-state index contributed by atoms with van der Waals surface area (Å²) in [6.07, 6.45) is 11.0. The van der Waals surface area contributed by atoms with E-state index < -0.39 is 30.0 Å². The number of hydrogen-bond acceptors (Lipinski definition) is 8. The van der Waals surface area contributed by atoms with E-state index in [4.69, 9.17) is 15.9 Å². The average Bonchev–Trinajstić information content (AvgIpc) is 3.42. The molecule has 0 spiro atoms. The van der Waals surface area contributed by atoms with Crippen LogP contribution in [0, 0.1) is 18.4 Å². The number of amides is 1. The third kappa shape index (κ3) is 6.56. The number of nitrogens with one attached hydrogen (secondary N) is 1. The van der Waals surface area contributed by atoms with Gasteiger partial charge in [-0.3, -0.25) is 14.2 Å². The van der Waals surface area contributed by atoms with Gasteiger partial charge in [0.25, 0.3) is 0 Å². The van der Waals surface area contributed by atoms with Gasteiger partial charge in [0.15, 0.2) is 22.6 Å². The maximum atomic E-state index is 14.3. The van der Waals surface area contributed by atoms with Crippen molar-refractivity contribution in [3.05, 3.63) is 12.4 Å². The summed E-state index contributed by atoms with van der Waals surface area (Å²) in [5.41, 5.74) is -1.31. The van der Waals surface area contributed by atoms with Crippen LogP contribution in [0.1, 0.15) is 84.3 Å². The van der Waals surface area contributed by atoms with E-state index in [0.29, 0.717) is 6.42 Å². The molecule has 2 aromatic heterocycles. The highest BCUT2D eigenvalue weighted by molar-refractivity contribution is 5.96. The minimum absolute atomic E-state index is 0.0350. The molecule has 0 aromatic carbocycles. The Labute approximate surface area is 210 Å². The lowest BCUT2D eigenvalue weighted by Crippen LogP contribution is -2.43. The zero-order chi connectivity index (χ0) is 26.1. The molecule has 1 aliphatic heterocycles. The molecular formula is C25H34FN5O5. The minimum Gasteiger partial charge on any atom is -0.461 e. The number of hydrogen-bond donors (Lipinski definition) is 2. The summed E-state index contributed by atoms with van der Waals surface area (Å²) in [5, 5.41) is 13.3. The highest BCUT2D eigenvalue weighted by Gasteiger charge is 2.49. The molecule has 1 aliphatic rings. The molecule has 3 atom stereocenters. The van der Waals surface area contributed by atoms with E-state index in [-0.39, 0.29) is 48.8 Å². The first-order chi connectivity index (χ1) is 17.3. The highest BCUT2D eigenvalue weighted by Crippen LogP contribution is 2.38. The van der Waals surface area contributed by atoms with Crippen LogP contribution < -0.4 is 5.32 Å². The fraction of sp³-hybridized carbons (Fsp3) is 0.640. The Morgan fingerprint density at radius 2 is 2.00 bits per heavy atom. The first kappa shape index (κ1) is 27.5. The number of aliphatic hydroxyl groups is 1. The maximum absolute atomic E-state index is 14.3. The Morgan fingerprint density at radius 1 is 1.25 bits per heavy atom. The number of rotatable bonds is 13. The molecule has 11 heteroatoms. The first-order valence-electron chi connectivity index (χ1n) is 12.5. The molecule has 1 amide bonds. The Balaban J connectivity index is 1.73. The van der Waals surface area contributed by atoms with Crippen LogP contribution in [0.4, 0.5) is 10.2 Å². The van der Waals surface area contributed by atoms with Crippen molar-refractivity contribution in [1.82, 2.24) is 19.5 Å². The Morgan fingerprint density at radius 3 is 2.72 bits per heavy atom. The lowest BCUT2D eigenvalue weighted by Gasteiger charge is -2.26. The Kier molecular flexibility index (Phi) is 9.73. The quantitative estimate of drug-likeness (QED) is 0.183. The van der Waals surface area contributed by atoms with Crippen molar-refractivity contribution in [3.63, 3.8) is 0 Å². The lowest BCUT2D eigenvalue weighted by molar-refractivity contribution is -0.156. The molecule has 0 saturated carbocycles. The number of ether oxygens (including phenoxy) is 2. The third-order valence-electron chi connectivity index (χ3n) is 6.21. The van der Waals surface area contributed by atoms with Crippen molar-refractivity contribution in [1.29, 1.82) is 0 Å². The number of anilines is 1. The van der Waals surface area contributed by atoms with Gasteiger partial charge < -0.3 is 19.9 Å². The molecule has 0 bridgehead atoms. The topological polar surface area (TPSA) is 128 Å². The van der Waals surface area contributed by atoms with Crippen LogP contribution in [0.15, 0.2) is 6.33 Å². The summed E-state index contributed by atoms with van der Waals surface area (Å²) in [7, 11) is 0. The maximum Gasteiger partial charge on any atom is 0.312 e. The van der Waals surface area contributed by atoms with Crippen LogP contribution in [0.5, 0.6) is 0 Å². The second kappa shape index (κ2) is 12.7. The largest absolute Gasteiger partial charge is 0.461 e. The standard InChI is InChI=1S/C25H34FN5O5/c1-4-7-9-10-11-12-18(33)28-22-21-23(30-24(26)29-22)31(16-27-21)19-14-17(32)25(6-3,36-19)15-35-20(34)13-8-5-2/h3,16-17,19,32H,4-5,7-15H2,1-2H3,(H,28,29,30,33)/t17-,19+,25+/m0/s1. The van der Waals surface area contributed by atoms with E-state index >= 15 is 0 Å². The number of halogens is 1. The van der Waals surface area contributed by atoms with Crippen molar-refractivity contribution in [2.24, 2.45) is 0 Å². The van der Waals surface area contributed by atoms with Crippen LogP contribution in [0.2, 0.25) is 0 Å². The van der Waals surface area contributed by atoms with Crippen molar-refractivity contribution in [3.8, 4) is 12.3 Å². The Hall–Kier alpha value is -3.10. The molecule has 3 rings (SSSR count). The molecule has 36 heavy (non-hydrogen) atoms. The zero-order valence-electron chi connectivity index (χ0n) is 20.8. The van der Waals surface area contributed by atoms with Crippen LogP contribution >= 0.6 is 0 Å². The number of nitrogens with zero attached hydrogens (tertiary/aromatic N) is 4. The summed E-state index contributed by atoms with van der Waals surface area (Å²) < 4.78 is 26.9. The summed E-state index contributed by atoms with van der Waals surface area (Å²) >= 11 is 0. The number of aliphatic hydroxyl groups excluding tert-OH is 1. The number of aromatic nitrogens is 4. The molecular weight excluding hydrogens is 469 g/mol. The second-order valence-corrected chi connectivity index (χ2v) is 9.00. The molecule has 0 radical (unpaired) electrons. The molecule has 10 nitrogen and oxygen atoms in total. The van der Waals surface area contributed by atoms with E-state index in [1.807, 2.05) is 6.92 Å². The van der Waals surface area contributed by atoms with Crippen LogP contribution in [-0.2, 0) is 19.1 Å². The number of esters is 1. The van der Waals surface area contributed by atoms with E-state index in [9.17, 15) is 19.1 Å². The van der Waals surface area contributed by atoms with Crippen LogP contribution in [0.25, 0.3) is 11.2 Å². The number of carbonyl (C=O) groups excluding carboxylic acids is 2. The van der Waals surface area contributed by atoms with Crippen molar-refractivity contribution in [2.45, 2.75) is 96.0 Å². The smallest absolute Gasteiger partial charge is 0.312 e. The fourth-order valence-electron chi connectivity index (χ4n) is 4.08. The summed E-state index contributed by atoms with van der Waals surface area (Å²) in [4.78, 5) is 36.1. The molecule has 196 valence electrons. The Bertz CT molecular complexity index is 1100. The average molecular weight is 504 g/mol. The van der Waals surface area contributed by atoms with Gasteiger partial charge in [-0.1, -0.05) is 51.9 Å². The van der Waals surface area contributed by atoms with Crippen LogP contribution in [0.3, 0.4) is 0 Å². The van der Waals surface area contributed by atoms with Gasteiger partial charge in [-0.05, 0) is 12.8 Å². The molecule has 0 aliphatic carbocycles. The van der Waals surface area contributed by atoms with E-state index in [0.717, 1.165) is 38.5 Å². The van der Waals surface area contributed by atoms with Gasteiger partial charge in [-0.15, -0.1) is 6.42 Å². The molecule has 1 saturated heterocycles. The van der Waals surface area contributed by atoms with Gasteiger partial charge in [0.05, 0.1) is 6.33 Å². The zero-order valence-corrected chi connectivity index (χ0v) is 20.8. The van der Waals surface area contributed by atoms with Gasteiger partial charge in [-0.25, -0.2) is 4.98 Å². The lowest BCUT2D eigenvalue weighted by atomic mass is 9.99. The van der Waals surface area contributed by atoms with Gasteiger partial charge in [0.1, 0.15) is 18.9 Å². The highest BCUT2D eigenvalue weighted by atomic mass is 19.1. The molecule has 2 N–H and O–H groups in total. The van der Waals surface area contributed by atoms with E-state index in [1.165, 1.54) is 10.9 Å². The number of imidazole rings is 1. The number of terminal acetylenes is 1. The summed E-state index contributed by atoms with van der Waals surface area (Å²) in [6.45, 7) is 3.76. The normalized spacial score (nSPS) is 21.4. The molecule has 1 fully saturated rings. The summed E-state index contributed by atoms with van der Waals surface area (Å²) in [6, 6.07) is 0. The number of unbranched alkanes of at least 4 members (excludes halogenated alkanes) is 5. The second-order valence-electron chi connectivity index (χ2n) is 9.00. The molecule has 0 unspecified atom stereocenters. The van der Waals surface area contributed by atoms with Crippen LogP contribution in [-0.4, -0.2) is 54.8 Å². The predicted octanol–water partition coefficient (Wildman–Crippen LogP) is 3.65. The molecule has 2 aromatic rings. The van der Waals surface area contributed by atoms with Gasteiger partial charge in [0, 0.05) is 19.3 Å². The monoisotopic (exact) mass is 503 g/mol. The predicted molar refractivity (Wildman–Crippen MR) is 130 cm³/mol. The summed E-state index contributed by atoms with van der Waals surface area (Å²) in [5.74, 6) is 1.65. The van der Waals surface area contributed by atoms with E-state index in [1.54, 1.807) is 0 Å². The van der Waals surface area contributed by atoms with Crippen molar-refractivity contribution in [2.75, 3.05) is 11.9 Å². The van der Waals surface area contributed by atoms with Crippen molar-refractivity contribution < 1.29 is 28.6 Å². The van der Waals surface area contributed by atoms with Crippen molar-refractivity contribution >= 4 is 28.9 Å².